The van der Waals surface area contributed by atoms with Gasteiger partial charge in [0.25, 0.3) is 0 Å². The Labute approximate surface area is 94.6 Å². The SMILES string of the molecule is CCn1c(C(C)N)cc2cccc(Cl)c21. The first-order valence-corrected chi connectivity index (χ1v) is 5.56. The van der Waals surface area contributed by atoms with Crippen LogP contribution in [-0.2, 0) is 6.54 Å². The van der Waals surface area contributed by atoms with E-state index in [4.69, 9.17) is 17.3 Å². The number of para-hydroxylation sites is 1. The fraction of sp³-hybridized carbons (Fsp3) is 0.333. The van der Waals surface area contributed by atoms with E-state index in [1.807, 2.05) is 19.1 Å². The molecule has 1 aromatic heterocycles. The number of benzene rings is 1. The second kappa shape index (κ2) is 3.87. The number of aryl methyl sites for hydroxylation is 1. The first kappa shape index (κ1) is 10.5. The van der Waals surface area contributed by atoms with Crippen molar-refractivity contribution in [2.24, 2.45) is 5.73 Å². The van der Waals surface area contributed by atoms with Gasteiger partial charge in [-0.05, 0) is 26.0 Å². The van der Waals surface area contributed by atoms with Gasteiger partial charge in [0.05, 0.1) is 10.5 Å². The summed E-state index contributed by atoms with van der Waals surface area (Å²) in [4.78, 5) is 0. The molecule has 15 heavy (non-hydrogen) atoms. The van der Waals surface area contributed by atoms with Crippen LogP contribution in [0.2, 0.25) is 5.02 Å². The topological polar surface area (TPSA) is 30.9 Å². The van der Waals surface area contributed by atoms with E-state index in [9.17, 15) is 0 Å². The molecule has 0 radical (unpaired) electrons. The number of halogens is 1. The predicted molar refractivity (Wildman–Crippen MR) is 65.2 cm³/mol. The number of hydrogen-bond donors (Lipinski definition) is 1. The summed E-state index contributed by atoms with van der Waals surface area (Å²) in [5.74, 6) is 0. The van der Waals surface area contributed by atoms with Gasteiger partial charge in [-0.1, -0.05) is 23.7 Å². The highest BCUT2D eigenvalue weighted by Gasteiger charge is 2.12. The largest absolute Gasteiger partial charge is 0.342 e. The molecule has 2 nitrogen and oxygen atoms in total. The number of nitrogens with two attached hydrogens (primary N) is 1. The first-order valence-electron chi connectivity index (χ1n) is 5.18. The number of hydrogen-bond acceptors (Lipinski definition) is 1. The zero-order valence-electron chi connectivity index (χ0n) is 9.00. The fourth-order valence-electron chi connectivity index (χ4n) is 2.02. The Kier molecular flexibility index (Phi) is 2.72. The third kappa shape index (κ3) is 1.64. The summed E-state index contributed by atoms with van der Waals surface area (Å²) in [5.41, 5.74) is 8.17. The quantitative estimate of drug-likeness (QED) is 0.830. The summed E-state index contributed by atoms with van der Waals surface area (Å²) in [5, 5.41) is 1.96. The van der Waals surface area contributed by atoms with Gasteiger partial charge in [-0.25, -0.2) is 0 Å². The molecule has 0 saturated heterocycles. The van der Waals surface area contributed by atoms with Crippen LogP contribution in [-0.4, -0.2) is 4.57 Å². The molecule has 0 amide bonds. The maximum Gasteiger partial charge on any atom is 0.0672 e. The Bertz CT molecular complexity index is 486. The molecule has 0 spiro atoms. The summed E-state index contributed by atoms with van der Waals surface area (Å²) in [7, 11) is 0. The van der Waals surface area contributed by atoms with E-state index in [0.29, 0.717) is 0 Å². The zero-order chi connectivity index (χ0) is 11.0. The lowest BCUT2D eigenvalue weighted by molar-refractivity contribution is 0.674. The van der Waals surface area contributed by atoms with Crippen molar-refractivity contribution in [3.05, 3.63) is 35.0 Å². The Morgan fingerprint density at radius 1 is 1.47 bits per heavy atom. The van der Waals surface area contributed by atoms with Gasteiger partial charge in [0, 0.05) is 23.7 Å². The second-order valence-corrected chi connectivity index (χ2v) is 4.19. The minimum absolute atomic E-state index is 0.0356. The van der Waals surface area contributed by atoms with Crippen LogP contribution in [0.25, 0.3) is 10.9 Å². The molecule has 0 fully saturated rings. The molecule has 1 atom stereocenters. The smallest absolute Gasteiger partial charge is 0.0672 e. The average Bonchev–Trinajstić information content (AvgIpc) is 2.57. The third-order valence-corrected chi connectivity index (χ3v) is 2.99. The number of fused-ring (bicyclic) bond motifs is 1. The minimum atomic E-state index is 0.0356. The summed E-state index contributed by atoms with van der Waals surface area (Å²) < 4.78 is 2.18. The van der Waals surface area contributed by atoms with E-state index >= 15 is 0 Å². The highest BCUT2D eigenvalue weighted by molar-refractivity contribution is 6.35. The van der Waals surface area contributed by atoms with Gasteiger partial charge in [0.15, 0.2) is 0 Å². The van der Waals surface area contributed by atoms with Crippen molar-refractivity contribution >= 4 is 22.5 Å². The minimum Gasteiger partial charge on any atom is -0.342 e. The van der Waals surface area contributed by atoms with Crippen LogP contribution in [0.1, 0.15) is 25.6 Å². The average molecular weight is 223 g/mol. The van der Waals surface area contributed by atoms with E-state index in [2.05, 4.69) is 23.6 Å². The van der Waals surface area contributed by atoms with E-state index in [1.54, 1.807) is 0 Å². The molecule has 1 unspecified atom stereocenters. The molecule has 80 valence electrons. The van der Waals surface area contributed by atoms with Crippen LogP contribution in [0.4, 0.5) is 0 Å². The van der Waals surface area contributed by atoms with Crippen LogP contribution < -0.4 is 5.73 Å². The van der Waals surface area contributed by atoms with Crippen molar-refractivity contribution in [2.75, 3.05) is 0 Å². The lowest BCUT2D eigenvalue weighted by atomic mass is 10.2. The van der Waals surface area contributed by atoms with Gasteiger partial charge < -0.3 is 10.3 Å². The van der Waals surface area contributed by atoms with Gasteiger partial charge in [-0.3, -0.25) is 0 Å². The Morgan fingerprint density at radius 2 is 2.20 bits per heavy atom. The molecular formula is C12H15ClN2. The molecule has 0 aliphatic heterocycles. The monoisotopic (exact) mass is 222 g/mol. The van der Waals surface area contributed by atoms with Crippen LogP contribution in [0.3, 0.4) is 0 Å². The van der Waals surface area contributed by atoms with Gasteiger partial charge in [0.1, 0.15) is 0 Å². The molecule has 2 N–H and O–H groups in total. The molecule has 3 heteroatoms. The van der Waals surface area contributed by atoms with Crippen molar-refractivity contribution in [1.82, 2.24) is 4.57 Å². The Hall–Kier alpha value is -0.990. The van der Waals surface area contributed by atoms with Crippen molar-refractivity contribution < 1.29 is 0 Å². The normalized spacial score (nSPS) is 13.3. The molecule has 2 rings (SSSR count). The van der Waals surface area contributed by atoms with Crippen molar-refractivity contribution in [2.45, 2.75) is 26.4 Å². The van der Waals surface area contributed by atoms with Gasteiger partial charge in [0.2, 0.25) is 0 Å². The highest BCUT2D eigenvalue weighted by atomic mass is 35.5. The molecular weight excluding hydrogens is 208 g/mol. The second-order valence-electron chi connectivity index (χ2n) is 3.78. The number of nitrogens with zero attached hydrogens (tertiary/aromatic N) is 1. The summed E-state index contributed by atoms with van der Waals surface area (Å²) in [6.45, 7) is 4.99. The van der Waals surface area contributed by atoms with E-state index in [0.717, 1.165) is 28.2 Å². The van der Waals surface area contributed by atoms with Crippen LogP contribution in [0.5, 0.6) is 0 Å². The highest BCUT2D eigenvalue weighted by Crippen LogP contribution is 2.28. The van der Waals surface area contributed by atoms with E-state index in [1.165, 1.54) is 0 Å². The maximum absolute atomic E-state index is 6.20. The zero-order valence-corrected chi connectivity index (χ0v) is 9.75. The van der Waals surface area contributed by atoms with E-state index < -0.39 is 0 Å². The van der Waals surface area contributed by atoms with Crippen LogP contribution >= 0.6 is 11.6 Å². The fourth-order valence-corrected chi connectivity index (χ4v) is 2.30. The number of rotatable bonds is 2. The summed E-state index contributed by atoms with van der Waals surface area (Å²) in [6.07, 6.45) is 0. The summed E-state index contributed by atoms with van der Waals surface area (Å²) >= 11 is 6.20. The molecule has 2 aromatic rings. The van der Waals surface area contributed by atoms with Gasteiger partial charge in [-0.2, -0.15) is 0 Å². The summed E-state index contributed by atoms with van der Waals surface area (Å²) in [6, 6.07) is 8.11. The Balaban J connectivity index is 2.80. The van der Waals surface area contributed by atoms with E-state index in [-0.39, 0.29) is 6.04 Å². The predicted octanol–water partition coefficient (Wildman–Crippen LogP) is 3.33. The van der Waals surface area contributed by atoms with Crippen LogP contribution in [0, 0.1) is 0 Å². The third-order valence-electron chi connectivity index (χ3n) is 2.69. The van der Waals surface area contributed by atoms with Gasteiger partial charge in [-0.15, -0.1) is 0 Å². The molecule has 1 aromatic carbocycles. The molecule has 0 aliphatic carbocycles. The first-order chi connectivity index (χ1) is 7.15. The van der Waals surface area contributed by atoms with Crippen molar-refractivity contribution in [3.63, 3.8) is 0 Å². The standard InChI is InChI=1S/C12H15ClN2/c1-3-15-11(8(2)14)7-9-5-4-6-10(13)12(9)15/h4-8H,3,14H2,1-2H3. The van der Waals surface area contributed by atoms with Crippen LogP contribution in [0.15, 0.2) is 24.3 Å². The lowest BCUT2D eigenvalue weighted by Crippen LogP contribution is -2.11. The molecule has 0 saturated carbocycles. The molecule has 1 heterocycles. The van der Waals surface area contributed by atoms with Crippen molar-refractivity contribution in [3.8, 4) is 0 Å². The number of aromatic nitrogens is 1. The Morgan fingerprint density at radius 3 is 2.80 bits per heavy atom. The lowest BCUT2D eigenvalue weighted by Gasteiger charge is -2.11. The molecule has 0 bridgehead atoms. The molecule has 0 aliphatic rings. The van der Waals surface area contributed by atoms with Crippen molar-refractivity contribution in [1.29, 1.82) is 0 Å². The maximum atomic E-state index is 6.20. The van der Waals surface area contributed by atoms with Gasteiger partial charge >= 0.3 is 0 Å².